The molecule has 3 aromatic rings. The van der Waals surface area contributed by atoms with Crippen LogP contribution in [-0.2, 0) is 11.3 Å². The highest BCUT2D eigenvalue weighted by Gasteiger charge is 2.20. The highest BCUT2D eigenvalue weighted by Crippen LogP contribution is 2.22. The topological polar surface area (TPSA) is 98.1 Å². The molecule has 168 valence electrons. The third-order valence-corrected chi connectivity index (χ3v) is 5.58. The summed E-state index contributed by atoms with van der Waals surface area (Å²) >= 11 is 1.30. The maximum absolute atomic E-state index is 12.4. The van der Waals surface area contributed by atoms with E-state index in [0.29, 0.717) is 35.4 Å². The van der Waals surface area contributed by atoms with Crippen LogP contribution in [0, 0.1) is 0 Å². The van der Waals surface area contributed by atoms with Crippen molar-refractivity contribution >= 4 is 29.3 Å². The van der Waals surface area contributed by atoms with E-state index >= 15 is 0 Å². The minimum atomic E-state index is -0.331. The molecule has 2 aromatic carbocycles. The van der Waals surface area contributed by atoms with Gasteiger partial charge in [0.15, 0.2) is 11.0 Å². The number of amides is 2. The third kappa shape index (κ3) is 6.10. The van der Waals surface area contributed by atoms with E-state index in [-0.39, 0.29) is 23.6 Å². The summed E-state index contributed by atoms with van der Waals surface area (Å²) in [7, 11) is 0. The van der Waals surface area contributed by atoms with Crippen LogP contribution in [0.25, 0.3) is 0 Å². The van der Waals surface area contributed by atoms with Crippen molar-refractivity contribution in [3.05, 3.63) is 66.0 Å². The molecule has 32 heavy (non-hydrogen) atoms. The minimum Gasteiger partial charge on any atom is -0.494 e. The second-order valence-electron chi connectivity index (χ2n) is 6.94. The Hall–Kier alpha value is -3.33. The van der Waals surface area contributed by atoms with E-state index in [2.05, 4.69) is 20.8 Å². The van der Waals surface area contributed by atoms with Gasteiger partial charge in [-0.2, -0.15) is 0 Å². The number of rotatable bonds is 10. The summed E-state index contributed by atoms with van der Waals surface area (Å²) in [5.74, 6) is 1.28. The van der Waals surface area contributed by atoms with Gasteiger partial charge in [0.1, 0.15) is 5.75 Å². The number of hydrogen-bond donors (Lipinski definition) is 2. The highest BCUT2D eigenvalue weighted by atomic mass is 32.2. The van der Waals surface area contributed by atoms with Crippen molar-refractivity contribution in [2.24, 2.45) is 0 Å². The number of anilines is 1. The average molecular weight is 454 g/mol. The minimum absolute atomic E-state index is 0.142. The van der Waals surface area contributed by atoms with Gasteiger partial charge in [0, 0.05) is 17.8 Å². The largest absolute Gasteiger partial charge is 0.494 e. The molecule has 0 aliphatic carbocycles. The quantitative estimate of drug-likeness (QED) is 0.452. The molecule has 2 N–H and O–H groups in total. The molecule has 0 radical (unpaired) electrons. The number of benzene rings is 2. The first-order chi connectivity index (χ1) is 15.5. The lowest BCUT2D eigenvalue weighted by molar-refractivity contribution is -0.113. The summed E-state index contributed by atoms with van der Waals surface area (Å²) < 4.78 is 7.31. The molecule has 1 aromatic heterocycles. The van der Waals surface area contributed by atoms with Gasteiger partial charge < -0.3 is 19.9 Å². The zero-order valence-corrected chi connectivity index (χ0v) is 19.2. The van der Waals surface area contributed by atoms with Crippen LogP contribution < -0.4 is 15.4 Å². The van der Waals surface area contributed by atoms with Gasteiger partial charge in [0.05, 0.1) is 18.4 Å². The predicted molar refractivity (Wildman–Crippen MR) is 125 cm³/mol. The van der Waals surface area contributed by atoms with E-state index in [1.54, 1.807) is 24.3 Å². The van der Waals surface area contributed by atoms with Crippen LogP contribution >= 0.6 is 11.8 Å². The Bertz CT molecular complexity index is 1040. The zero-order chi connectivity index (χ0) is 22.9. The molecule has 0 aliphatic rings. The fourth-order valence-corrected chi connectivity index (χ4v) is 3.90. The standard InChI is InChI=1S/C23H27N5O3S/c1-4-28-21(16(3)24-22(30)17-9-7-6-8-10-17)26-27-23(28)32-15-20(29)25-18-11-13-19(14-12-18)31-5-2/h6-14,16H,4-5,15H2,1-3H3,(H,24,30)(H,25,29)/t16-/m0/s1. The summed E-state index contributed by atoms with van der Waals surface area (Å²) in [4.78, 5) is 24.8. The molecular weight excluding hydrogens is 426 g/mol. The van der Waals surface area contributed by atoms with Crippen LogP contribution in [0.3, 0.4) is 0 Å². The predicted octanol–water partition coefficient (Wildman–Crippen LogP) is 3.92. The van der Waals surface area contributed by atoms with E-state index in [4.69, 9.17) is 4.74 Å². The van der Waals surface area contributed by atoms with Crippen LogP contribution in [0.15, 0.2) is 59.8 Å². The molecule has 3 rings (SSSR count). The van der Waals surface area contributed by atoms with Crippen LogP contribution in [0.5, 0.6) is 5.75 Å². The van der Waals surface area contributed by atoms with Crippen molar-refractivity contribution in [3.63, 3.8) is 0 Å². The van der Waals surface area contributed by atoms with Crippen molar-refractivity contribution in [3.8, 4) is 5.75 Å². The summed E-state index contributed by atoms with van der Waals surface area (Å²) in [5, 5.41) is 14.9. The molecule has 0 unspecified atom stereocenters. The number of thioether (sulfide) groups is 1. The Kier molecular flexibility index (Phi) is 8.27. The number of aromatic nitrogens is 3. The maximum atomic E-state index is 12.4. The lowest BCUT2D eigenvalue weighted by atomic mass is 10.2. The number of ether oxygens (including phenoxy) is 1. The molecule has 8 nitrogen and oxygen atoms in total. The Morgan fingerprint density at radius 2 is 1.78 bits per heavy atom. The summed E-state index contributed by atoms with van der Waals surface area (Å²) in [6.45, 7) is 6.98. The van der Waals surface area contributed by atoms with Gasteiger partial charge in [-0.3, -0.25) is 9.59 Å². The first-order valence-corrected chi connectivity index (χ1v) is 11.4. The Morgan fingerprint density at radius 3 is 2.44 bits per heavy atom. The van der Waals surface area contributed by atoms with E-state index < -0.39 is 0 Å². The fourth-order valence-electron chi connectivity index (χ4n) is 3.09. The lowest BCUT2D eigenvalue weighted by Crippen LogP contribution is -2.28. The molecule has 0 bridgehead atoms. The monoisotopic (exact) mass is 453 g/mol. The number of carbonyl (C=O) groups is 2. The molecule has 0 spiro atoms. The molecule has 9 heteroatoms. The second kappa shape index (κ2) is 11.3. The van der Waals surface area contributed by atoms with Gasteiger partial charge in [-0.05, 0) is 57.2 Å². The molecule has 0 saturated carbocycles. The van der Waals surface area contributed by atoms with Gasteiger partial charge >= 0.3 is 0 Å². The Balaban J connectivity index is 1.58. The lowest BCUT2D eigenvalue weighted by Gasteiger charge is -2.15. The molecule has 0 aliphatic heterocycles. The Morgan fingerprint density at radius 1 is 1.06 bits per heavy atom. The molecular formula is C23H27N5O3S. The SMILES string of the molecule is CCOc1ccc(NC(=O)CSc2nnc([C@H](C)NC(=O)c3ccccc3)n2CC)cc1. The number of nitrogens with zero attached hydrogens (tertiary/aromatic N) is 3. The van der Waals surface area contributed by atoms with E-state index in [1.165, 1.54) is 11.8 Å². The van der Waals surface area contributed by atoms with Gasteiger partial charge in [-0.25, -0.2) is 0 Å². The normalized spacial score (nSPS) is 11.6. The third-order valence-electron chi connectivity index (χ3n) is 4.61. The fraction of sp³-hybridized carbons (Fsp3) is 0.304. The van der Waals surface area contributed by atoms with E-state index in [0.717, 1.165) is 5.75 Å². The van der Waals surface area contributed by atoms with Gasteiger partial charge in [0.2, 0.25) is 5.91 Å². The number of nitrogens with one attached hydrogen (secondary N) is 2. The summed E-state index contributed by atoms with van der Waals surface area (Å²) in [6, 6.07) is 15.9. The molecule has 2 amide bonds. The van der Waals surface area contributed by atoms with Crippen LogP contribution in [-0.4, -0.2) is 38.9 Å². The van der Waals surface area contributed by atoms with Gasteiger partial charge in [-0.15, -0.1) is 10.2 Å². The summed E-state index contributed by atoms with van der Waals surface area (Å²) in [6.07, 6.45) is 0. The first kappa shape index (κ1) is 23.3. The molecule has 1 atom stereocenters. The van der Waals surface area contributed by atoms with Crippen molar-refractivity contribution in [2.75, 3.05) is 17.7 Å². The zero-order valence-electron chi connectivity index (χ0n) is 18.4. The molecule has 0 fully saturated rings. The first-order valence-electron chi connectivity index (χ1n) is 10.5. The highest BCUT2D eigenvalue weighted by molar-refractivity contribution is 7.99. The Labute approximate surface area is 191 Å². The van der Waals surface area contributed by atoms with Crippen molar-refractivity contribution in [1.82, 2.24) is 20.1 Å². The summed E-state index contributed by atoms with van der Waals surface area (Å²) in [5.41, 5.74) is 1.29. The second-order valence-corrected chi connectivity index (χ2v) is 7.88. The van der Waals surface area contributed by atoms with Crippen molar-refractivity contribution < 1.29 is 14.3 Å². The maximum Gasteiger partial charge on any atom is 0.251 e. The number of carbonyl (C=O) groups excluding carboxylic acids is 2. The van der Waals surface area contributed by atoms with Crippen LogP contribution in [0.1, 0.15) is 43.0 Å². The van der Waals surface area contributed by atoms with Gasteiger partial charge in [-0.1, -0.05) is 30.0 Å². The average Bonchev–Trinajstić information content (AvgIpc) is 3.23. The molecule has 1 heterocycles. The molecule has 0 saturated heterocycles. The number of hydrogen-bond acceptors (Lipinski definition) is 6. The van der Waals surface area contributed by atoms with E-state index in [1.807, 2.05) is 55.7 Å². The van der Waals surface area contributed by atoms with Crippen molar-refractivity contribution in [2.45, 2.75) is 38.5 Å². The van der Waals surface area contributed by atoms with Crippen LogP contribution in [0.4, 0.5) is 5.69 Å². The van der Waals surface area contributed by atoms with Gasteiger partial charge in [0.25, 0.3) is 5.91 Å². The van der Waals surface area contributed by atoms with Crippen molar-refractivity contribution in [1.29, 1.82) is 0 Å². The van der Waals surface area contributed by atoms with Crippen LogP contribution in [0.2, 0.25) is 0 Å². The van der Waals surface area contributed by atoms with E-state index in [9.17, 15) is 9.59 Å². The smallest absolute Gasteiger partial charge is 0.251 e.